The minimum Gasteiger partial charge on any atom is -0.336 e. The van der Waals surface area contributed by atoms with Crippen molar-refractivity contribution in [2.45, 2.75) is 64.1 Å². The van der Waals surface area contributed by atoms with E-state index in [0.29, 0.717) is 5.02 Å². The normalized spacial score (nSPS) is 39.0. The van der Waals surface area contributed by atoms with Crippen molar-refractivity contribution < 1.29 is 4.79 Å². The zero-order valence-electron chi connectivity index (χ0n) is 16.7. The van der Waals surface area contributed by atoms with E-state index in [0.717, 1.165) is 43.4 Å². The largest absolute Gasteiger partial charge is 0.336 e. The highest BCUT2D eigenvalue weighted by Crippen LogP contribution is 2.61. The quantitative estimate of drug-likeness (QED) is 0.816. The molecule has 0 radical (unpaired) electrons. The number of piperidine rings is 2. The number of nitrogens with one attached hydrogen (secondary N) is 1. The molecule has 1 N–H and O–H groups in total. The van der Waals surface area contributed by atoms with Gasteiger partial charge in [-0.2, -0.15) is 5.26 Å². The van der Waals surface area contributed by atoms with Crippen molar-refractivity contribution in [3.05, 3.63) is 28.8 Å². The number of anilines is 1. The van der Waals surface area contributed by atoms with Gasteiger partial charge >= 0.3 is 0 Å². The number of nitrogens with zero attached hydrogens (tertiary/aromatic N) is 3. The predicted octanol–water partition coefficient (Wildman–Crippen LogP) is 4.04. The molecule has 1 aromatic rings. The van der Waals surface area contributed by atoms with Crippen LogP contribution in [-0.4, -0.2) is 29.9 Å². The van der Waals surface area contributed by atoms with Gasteiger partial charge in [0.1, 0.15) is 0 Å². The number of hydrogen-bond acceptors (Lipinski definition) is 4. The first-order chi connectivity index (χ1) is 13.3. The molecule has 5 nitrogen and oxygen atoms in total. The summed E-state index contributed by atoms with van der Waals surface area (Å²) in [7, 11) is 1.97. The first kappa shape index (κ1) is 18.3. The van der Waals surface area contributed by atoms with Gasteiger partial charge in [-0.3, -0.25) is 4.79 Å². The minimum absolute atomic E-state index is 0.126. The number of carbonyl (C=O) groups excluding carboxylic acids is 1. The molecule has 0 aromatic heterocycles. The summed E-state index contributed by atoms with van der Waals surface area (Å²) in [5.74, 6) is -0.0175. The van der Waals surface area contributed by atoms with Gasteiger partial charge in [-0.1, -0.05) is 31.5 Å². The Kier molecular flexibility index (Phi) is 3.83. The molecule has 2 saturated carbocycles. The maximum absolute atomic E-state index is 13.7. The average Bonchev–Trinajstić information content (AvgIpc) is 2.97. The van der Waals surface area contributed by atoms with E-state index in [1.54, 1.807) is 0 Å². The van der Waals surface area contributed by atoms with E-state index >= 15 is 0 Å². The monoisotopic (exact) mass is 398 g/mol. The van der Waals surface area contributed by atoms with Crippen LogP contribution in [0.25, 0.3) is 0 Å². The van der Waals surface area contributed by atoms with Crippen LogP contribution in [0.2, 0.25) is 5.02 Å². The third-order valence-corrected chi connectivity index (χ3v) is 8.01. The van der Waals surface area contributed by atoms with E-state index < -0.39 is 0 Å². The number of carbonyl (C=O) groups is 1. The van der Waals surface area contributed by atoms with Gasteiger partial charge < -0.3 is 9.91 Å². The van der Waals surface area contributed by atoms with Gasteiger partial charge in [0, 0.05) is 29.7 Å². The number of nitriles is 1. The third kappa shape index (κ3) is 2.44. The summed E-state index contributed by atoms with van der Waals surface area (Å²) < 4.78 is 0. The molecule has 2 saturated heterocycles. The number of hydrogen-bond donors (Lipinski definition) is 1. The third-order valence-electron chi connectivity index (χ3n) is 7.68. The van der Waals surface area contributed by atoms with Gasteiger partial charge in [0.15, 0.2) is 0 Å². The molecular formula is C22H27ClN4O. The number of fused-ring (bicyclic) bond motifs is 1. The highest BCUT2D eigenvalue weighted by atomic mass is 35.5. The number of halogens is 1. The number of hydrazine groups is 1. The van der Waals surface area contributed by atoms with Crippen LogP contribution in [-0.2, 0) is 4.79 Å². The lowest BCUT2D eigenvalue weighted by Crippen LogP contribution is -2.66. The van der Waals surface area contributed by atoms with Crippen LogP contribution >= 0.6 is 11.6 Å². The molecule has 148 valence electrons. The molecule has 6 rings (SSSR count). The molecule has 4 atom stereocenters. The van der Waals surface area contributed by atoms with Gasteiger partial charge in [0.25, 0.3) is 0 Å². The summed E-state index contributed by atoms with van der Waals surface area (Å²) >= 11 is 6.51. The van der Waals surface area contributed by atoms with Gasteiger partial charge in [-0.05, 0) is 49.7 Å². The lowest BCUT2D eigenvalue weighted by atomic mass is 9.50. The molecule has 28 heavy (non-hydrogen) atoms. The molecule has 3 aliphatic heterocycles. The van der Waals surface area contributed by atoms with Gasteiger partial charge in [-0.15, -0.1) is 0 Å². The van der Waals surface area contributed by atoms with Crippen molar-refractivity contribution in [3.8, 4) is 6.07 Å². The van der Waals surface area contributed by atoms with E-state index in [-0.39, 0.29) is 40.8 Å². The maximum Gasteiger partial charge on any atom is 0.227 e. The Balaban J connectivity index is 1.44. The fourth-order valence-corrected chi connectivity index (χ4v) is 7.13. The minimum atomic E-state index is -0.220. The molecule has 4 fully saturated rings. The van der Waals surface area contributed by atoms with Crippen molar-refractivity contribution in [1.29, 1.82) is 5.26 Å². The van der Waals surface area contributed by atoms with E-state index in [2.05, 4.69) is 23.3 Å². The first-order valence-corrected chi connectivity index (χ1v) is 10.7. The Morgan fingerprint density at radius 3 is 2.64 bits per heavy atom. The van der Waals surface area contributed by atoms with Crippen LogP contribution in [0.1, 0.15) is 57.6 Å². The van der Waals surface area contributed by atoms with Gasteiger partial charge in [0.05, 0.1) is 29.1 Å². The topological polar surface area (TPSA) is 59.4 Å². The molecule has 6 heteroatoms. The van der Waals surface area contributed by atoms with E-state index in [1.165, 1.54) is 0 Å². The van der Waals surface area contributed by atoms with Crippen LogP contribution < -0.4 is 10.4 Å². The Labute approximate surface area is 171 Å². The van der Waals surface area contributed by atoms with E-state index in [1.807, 2.05) is 37.2 Å². The van der Waals surface area contributed by atoms with Gasteiger partial charge in [0.2, 0.25) is 5.91 Å². The maximum atomic E-state index is 13.7. The smallest absolute Gasteiger partial charge is 0.227 e. The second kappa shape index (κ2) is 5.87. The Morgan fingerprint density at radius 2 is 2.00 bits per heavy atom. The van der Waals surface area contributed by atoms with Crippen molar-refractivity contribution >= 4 is 23.2 Å². The van der Waals surface area contributed by atoms with Crippen LogP contribution in [0, 0.1) is 28.1 Å². The highest BCUT2D eigenvalue weighted by Gasteiger charge is 2.60. The summed E-state index contributed by atoms with van der Waals surface area (Å²) in [5.41, 5.74) is 5.48. The lowest BCUT2D eigenvalue weighted by Gasteiger charge is -2.63. The molecule has 4 unspecified atom stereocenters. The summed E-state index contributed by atoms with van der Waals surface area (Å²) in [4.78, 5) is 15.8. The van der Waals surface area contributed by atoms with Crippen molar-refractivity contribution in [2.24, 2.45) is 16.7 Å². The summed E-state index contributed by atoms with van der Waals surface area (Å²) in [6.07, 6.45) is 4.73. The average molecular weight is 399 g/mol. The fraction of sp³-hybridized carbons (Fsp3) is 0.636. The number of benzene rings is 1. The lowest BCUT2D eigenvalue weighted by molar-refractivity contribution is -0.167. The SMILES string of the molecule is CC(C(=O)N1C2CC3(C)CC1CC(C#N)(C2)C3)C1NN(C)c2cccc(Cl)c21. The van der Waals surface area contributed by atoms with Gasteiger partial charge in [-0.25, -0.2) is 5.43 Å². The van der Waals surface area contributed by atoms with E-state index in [9.17, 15) is 10.1 Å². The molecule has 2 aliphatic carbocycles. The zero-order chi connectivity index (χ0) is 19.8. The van der Waals surface area contributed by atoms with Crippen molar-refractivity contribution in [3.63, 3.8) is 0 Å². The molecule has 1 amide bonds. The van der Waals surface area contributed by atoms with Crippen LogP contribution in [0.5, 0.6) is 0 Å². The predicted molar refractivity (Wildman–Crippen MR) is 109 cm³/mol. The van der Waals surface area contributed by atoms with Crippen LogP contribution in [0.3, 0.4) is 0 Å². The summed E-state index contributed by atoms with van der Waals surface area (Å²) in [5, 5.41) is 12.5. The number of amides is 1. The molecular weight excluding hydrogens is 372 g/mol. The molecule has 5 aliphatic rings. The van der Waals surface area contributed by atoms with Crippen LogP contribution in [0.15, 0.2) is 18.2 Å². The Hall–Kier alpha value is -1.77. The Morgan fingerprint density at radius 1 is 1.32 bits per heavy atom. The molecule has 4 bridgehead atoms. The molecule has 3 heterocycles. The van der Waals surface area contributed by atoms with E-state index in [4.69, 9.17) is 11.6 Å². The molecule has 1 aromatic carbocycles. The summed E-state index contributed by atoms with van der Waals surface area (Å²) in [6, 6.07) is 8.77. The van der Waals surface area contributed by atoms with Crippen molar-refractivity contribution in [2.75, 3.05) is 12.1 Å². The highest BCUT2D eigenvalue weighted by molar-refractivity contribution is 6.32. The fourth-order valence-electron chi connectivity index (χ4n) is 6.85. The number of rotatable bonds is 2. The standard InChI is InChI=1S/C22H27ClN4O/c1-13(19-18-16(23)5-4-6-17(18)26(3)25-19)20(28)27-14-7-21(2)8-15(27)10-22(9-14,11-21)12-24/h4-6,13-15,19,25H,7-11H2,1-3H3. The second-order valence-corrected chi connectivity index (χ2v) is 10.3. The van der Waals surface area contributed by atoms with Crippen molar-refractivity contribution in [1.82, 2.24) is 10.3 Å². The summed E-state index contributed by atoms with van der Waals surface area (Å²) in [6.45, 7) is 4.32. The first-order valence-electron chi connectivity index (χ1n) is 10.3. The van der Waals surface area contributed by atoms with Crippen LogP contribution in [0.4, 0.5) is 5.69 Å². The second-order valence-electron chi connectivity index (χ2n) is 9.88. The Bertz CT molecular complexity index is 877. The molecule has 0 spiro atoms. The zero-order valence-corrected chi connectivity index (χ0v) is 17.5.